The minimum atomic E-state index is -0.486. The summed E-state index contributed by atoms with van der Waals surface area (Å²) in [6, 6.07) is 5.28. The van der Waals surface area contributed by atoms with E-state index < -0.39 is 5.60 Å². The summed E-state index contributed by atoms with van der Waals surface area (Å²) in [5.41, 5.74) is 0.938. The highest BCUT2D eigenvalue weighted by Crippen LogP contribution is 2.27. The molecule has 4 rings (SSSR count). The number of hydrogen-bond acceptors (Lipinski definition) is 6. The van der Waals surface area contributed by atoms with E-state index in [4.69, 9.17) is 14.5 Å². The molecule has 0 bridgehead atoms. The zero-order valence-electron chi connectivity index (χ0n) is 17.7. The fraction of sp³-hybridized carbons (Fsp3) is 0.435. The van der Waals surface area contributed by atoms with Crippen LogP contribution in [0.5, 0.6) is 0 Å². The third kappa shape index (κ3) is 4.37. The molecule has 1 aliphatic heterocycles. The monoisotopic (exact) mass is 408 g/mol. The van der Waals surface area contributed by atoms with Crippen LogP contribution in [0.3, 0.4) is 0 Å². The Morgan fingerprint density at radius 3 is 2.77 bits per heavy atom. The van der Waals surface area contributed by atoms with Crippen LogP contribution in [0.2, 0.25) is 0 Å². The molecule has 1 saturated heterocycles. The predicted octanol–water partition coefficient (Wildman–Crippen LogP) is 2.73. The van der Waals surface area contributed by atoms with Gasteiger partial charge in [-0.15, -0.1) is 0 Å². The van der Waals surface area contributed by atoms with Gasteiger partial charge in [-0.05, 0) is 32.4 Å². The Hall–Kier alpha value is -2.77. The van der Waals surface area contributed by atoms with Gasteiger partial charge in [-0.2, -0.15) is 0 Å². The molecule has 1 fully saturated rings. The lowest BCUT2D eigenvalue weighted by atomic mass is 9.98. The average molecular weight is 409 g/mol. The maximum absolute atomic E-state index is 12.6. The second kappa shape index (κ2) is 8.53. The Morgan fingerprint density at radius 1 is 1.23 bits per heavy atom. The molecule has 0 spiro atoms. The first-order valence-corrected chi connectivity index (χ1v) is 10.3. The van der Waals surface area contributed by atoms with Crippen molar-refractivity contribution in [2.45, 2.75) is 38.1 Å². The molecule has 0 saturated carbocycles. The van der Waals surface area contributed by atoms with E-state index in [9.17, 15) is 4.79 Å². The summed E-state index contributed by atoms with van der Waals surface area (Å²) in [6.45, 7) is 5.94. The molecule has 0 N–H and O–H groups in total. The van der Waals surface area contributed by atoms with Crippen molar-refractivity contribution in [1.29, 1.82) is 0 Å². The maximum atomic E-state index is 12.6. The van der Waals surface area contributed by atoms with Gasteiger partial charge < -0.3 is 14.4 Å². The number of anilines is 1. The second-order valence-corrected chi connectivity index (χ2v) is 8.19. The first kappa shape index (κ1) is 20.5. The molecular weight excluding hydrogens is 380 g/mol. The van der Waals surface area contributed by atoms with E-state index in [1.165, 1.54) is 0 Å². The van der Waals surface area contributed by atoms with Crippen LogP contribution in [0.4, 0.5) is 5.95 Å². The quantitative estimate of drug-likeness (QED) is 0.758. The Balaban J connectivity index is 1.57. The highest BCUT2D eigenvalue weighted by atomic mass is 16.6. The number of aromatic nitrogens is 3. The van der Waals surface area contributed by atoms with Gasteiger partial charge in [0, 0.05) is 44.2 Å². The van der Waals surface area contributed by atoms with Gasteiger partial charge in [0.2, 0.25) is 5.95 Å². The first-order chi connectivity index (χ1) is 14.4. The number of ether oxygens (including phenoxy) is 2. The Kier molecular flexibility index (Phi) is 5.83. The van der Waals surface area contributed by atoms with Crippen molar-refractivity contribution < 1.29 is 9.47 Å². The number of pyridine rings is 1. The maximum Gasteiger partial charge on any atom is 0.255 e. The number of rotatable bonds is 5. The van der Waals surface area contributed by atoms with Crippen LogP contribution in [0.15, 0.2) is 59.7 Å². The van der Waals surface area contributed by atoms with E-state index in [-0.39, 0.29) is 17.8 Å². The molecule has 2 atom stereocenters. The van der Waals surface area contributed by atoms with Crippen molar-refractivity contribution in [3.63, 3.8) is 0 Å². The predicted molar refractivity (Wildman–Crippen MR) is 117 cm³/mol. The molecule has 7 heteroatoms. The van der Waals surface area contributed by atoms with Crippen molar-refractivity contribution in [3.05, 3.63) is 65.3 Å². The number of hydrogen-bond donors (Lipinski definition) is 0. The van der Waals surface area contributed by atoms with E-state index in [1.807, 2.05) is 24.3 Å². The largest absolute Gasteiger partial charge is 0.372 e. The Labute approximate surface area is 176 Å². The smallest absolute Gasteiger partial charge is 0.255 e. The van der Waals surface area contributed by atoms with Crippen molar-refractivity contribution in [3.8, 4) is 11.3 Å². The molecule has 0 radical (unpaired) electrons. The summed E-state index contributed by atoms with van der Waals surface area (Å²) in [6.07, 6.45) is 12.4. The summed E-state index contributed by atoms with van der Waals surface area (Å²) in [5, 5.41) is 0. The third-order valence-electron chi connectivity index (χ3n) is 5.61. The van der Waals surface area contributed by atoms with Gasteiger partial charge >= 0.3 is 0 Å². The van der Waals surface area contributed by atoms with E-state index >= 15 is 0 Å². The first-order valence-electron chi connectivity index (χ1n) is 10.3. The minimum Gasteiger partial charge on any atom is -0.372 e. The van der Waals surface area contributed by atoms with Crippen molar-refractivity contribution >= 4 is 5.95 Å². The van der Waals surface area contributed by atoms with Crippen LogP contribution in [-0.4, -0.2) is 52.0 Å². The van der Waals surface area contributed by atoms with Gasteiger partial charge in [0.05, 0.1) is 24.0 Å². The summed E-state index contributed by atoms with van der Waals surface area (Å²) < 4.78 is 14.0. The van der Waals surface area contributed by atoms with Crippen LogP contribution in [0.25, 0.3) is 11.3 Å². The third-order valence-corrected chi connectivity index (χ3v) is 5.61. The number of allylic oxidation sites excluding steroid dienone is 2. The molecule has 2 aromatic heterocycles. The average Bonchev–Trinajstić information content (AvgIpc) is 2.76. The van der Waals surface area contributed by atoms with E-state index in [1.54, 1.807) is 30.1 Å². The number of nitrogens with zero attached hydrogens (tertiary/aromatic N) is 4. The van der Waals surface area contributed by atoms with Crippen LogP contribution in [-0.2, 0) is 16.5 Å². The van der Waals surface area contributed by atoms with Gasteiger partial charge in [-0.3, -0.25) is 14.3 Å². The van der Waals surface area contributed by atoms with Gasteiger partial charge in [0.25, 0.3) is 5.56 Å². The van der Waals surface area contributed by atoms with Gasteiger partial charge in [0.1, 0.15) is 6.10 Å². The molecule has 2 unspecified atom stereocenters. The molecule has 7 nitrogen and oxygen atoms in total. The second-order valence-electron chi connectivity index (χ2n) is 8.19. The fourth-order valence-electron chi connectivity index (χ4n) is 3.84. The lowest BCUT2D eigenvalue weighted by Gasteiger charge is -2.42. The molecule has 2 aliphatic rings. The van der Waals surface area contributed by atoms with Crippen molar-refractivity contribution in [1.82, 2.24) is 14.5 Å². The Bertz CT molecular complexity index is 997. The van der Waals surface area contributed by atoms with E-state index in [0.29, 0.717) is 31.3 Å². The zero-order valence-corrected chi connectivity index (χ0v) is 17.7. The standard InChI is InChI=1S/C23H28N4O3/c1-23(2,30-18-7-5-4-6-8-18)20-16-27(13-14-29-20)22-25-19(15-21(28)26(22)3)17-9-11-24-12-10-17/h4-7,9-12,15,18,20H,8,13-14,16H2,1-3H3. The van der Waals surface area contributed by atoms with Crippen molar-refractivity contribution in [2.24, 2.45) is 7.05 Å². The highest BCUT2D eigenvalue weighted by molar-refractivity contribution is 5.59. The van der Waals surface area contributed by atoms with Gasteiger partial charge in [0.15, 0.2) is 0 Å². The Morgan fingerprint density at radius 2 is 2.03 bits per heavy atom. The molecule has 1 aliphatic carbocycles. The van der Waals surface area contributed by atoms with Crippen LogP contribution in [0.1, 0.15) is 20.3 Å². The molecule has 30 heavy (non-hydrogen) atoms. The van der Waals surface area contributed by atoms with E-state index in [2.05, 4.69) is 35.9 Å². The molecular formula is C23H28N4O3. The van der Waals surface area contributed by atoms with Gasteiger partial charge in [-0.25, -0.2) is 4.98 Å². The molecule has 2 aromatic rings. The lowest BCUT2D eigenvalue weighted by Crippen LogP contribution is -2.55. The summed E-state index contributed by atoms with van der Waals surface area (Å²) in [7, 11) is 1.76. The SMILES string of the molecule is Cn1c(N2CCOC(C(C)(C)OC3C=CC=CC3)C2)nc(-c2ccncc2)cc1=O. The highest BCUT2D eigenvalue weighted by Gasteiger charge is 2.37. The fourth-order valence-corrected chi connectivity index (χ4v) is 3.84. The van der Waals surface area contributed by atoms with Gasteiger partial charge in [-0.1, -0.05) is 24.3 Å². The lowest BCUT2D eigenvalue weighted by molar-refractivity contribution is -0.146. The summed E-state index contributed by atoms with van der Waals surface area (Å²) >= 11 is 0. The molecule has 0 amide bonds. The summed E-state index contributed by atoms with van der Waals surface area (Å²) in [4.78, 5) is 23.6. The van der Waals surface area contributed by atoms with Crippen LogP contribution < -0.4 is 10.5 Å². The van der Waals surface area contributed by atoms with Crippen LogP contribution >= 0.6 is 0 Å². The van der Waals surface area contributed by atoms with Crippen LogP contribution in [0, 0.1) is 0 Å². The molecule has 158 valence electrons. The molecule has 0 aromatic carbocycles. The minimum absolute atomic E-state index is 0.0430. The summed E-state index contributed by atoms with van der Waals surface area (Å²) in [5.74, 6) is 0.638. The number of morpholine rings is 1. The normalized spacial score (nSPS) is 21.8. The zero-order chi connectivity index (χ0) is 21.1. The van der Waals surface area contributed by atoms with E-state index in [0.717, 1.165) is 12.0 Å². The van der Waals surface area contributed by atoms with Crippen molar-refractivity contribution in [2.75, 3.05) is 24.6 Å². The molecule has 3 heterocycles. The topological polar surface area (TPSA) is 69.5 Å².